The first-order valence-corrected chi connectivity index (χ1v) is 10.1. The third-order valence-electron chi connectivity index (χ3n) is 2.53. The van der Waals surface area contributed by atoms with E-state index < -0.39 is 11.7 Å². The van der Waals surface area contributed by atoms with Crippen LogP contribution in [0.4, 0.5) is 19.0 Å². The van der Waals surface area contributed by atoms with E-state index >= 15 is 0 Å². The van der Waals surface area contributed by atoms with E-state index in [1.54, 1.807) is 12.1 Å². The standard InChI is InChI=1S/C13H12F3N3S2.2C2H6/c1-20-11-6-10(17)18-12(19-11)21-7-8-3-2-4-9(5-8)13(14,15)16;2*1-2/h2-6H,7H2,1H3,(H2,17,18,19);2*1-2H3. The fourth-order valence-corrected chi connectivity index (χ4v) is 2.86. The van der Waals surface area contributed by atoms with Gasteiger partial charge in [0.05, 0.1) is 5.56 Å². The van der Waals surface area contributed by atoms with E-state index in [9.17, 15) is 13.2 Å². The summed E-state index contributed by atoms with van der Waals surface area (Å²) in [5.74, 6) is 0.696. The van der Waals surface area contributed by atoms with E-state index in [-0.39, 0.29) is 0 Å². The number of rotatable bonds is 4. The second kappa shape index (κ2) is 12.0. The molecule has 0 saturated heterocycles. The van der Waals surface area contributed by atoms with E-state index in [2.05, 4.69) is 9.97 Å². The molecule has 0 unspecified atom stereocenters. The highest BCUT2D eigenvalue weighted by molar-refractivity contribution is 7.99. The number of benzene rings is 1. The molecule has 25 heavy (non-hydrogen) atoms. The van der Waals surface area contributed by atoms with Crippen LogP contribution in [0.25, 0.3) is 0 Å². The van der Waals surface area contributed by atoms with E-state index in [4.69, 9.17) is 5.73 Å². The van der Waals surface area contributed by atoms with Crippen LogP contribution in [-0.2, 0) is 11.9 Å². The van der Waals surface area contributed by atoms with Gasteiger partial charge in [0.2, 0.25) is 0 Å². The zero-order valence-corrected chi connectivity index (χ0v) is 16.6. The Balaban J connectivity index is 0.00000134. The first-order chi connectivity index (χ1) is 11.9. The van der Waals surface area contributed by atoms with Crippen LogP contribution >= 0.6 is 23.5 Å². The third kappa shape index (κ3) is 8.49. The molecule has 0 aliphatic rings. The zero-order valence-electron chi connectivity index (χ0n) is 15.0. The highest BCUT2D eigenvalue weighted by Crippen LogP contribution is 2.31. The van der Waals surface area contributed by atoms with E-state index in [0.717, 1.165) is 17.2 Å². The Morgan fingerprint density at radius 1 is 1.04 bits per heavy atom. The molecule has 0 saturated carbocycles. The van der Waals surface area contributed by atoms with Crippen LogP contribution in [0.3, 0.4) is 0 Å². The Labute approximate surface area is 156 Å². The van der Waals surface area contributed by atoms with Gasteiger partial charge in [0, 0.05) is 11.8 Å². The molecule has 0 fully saturated rings. The van der Waals surface area contributed by atoms with Crippen molar-refractivity contribution in [1.29, 1.82) is 0 Å². The smallest absolute Gasteiger partial charge is 0.384 e. The van der Waals surface area contributed by atoms with Gasteiger partial charge in [0.25, 0.3) is 0 Å². The molecule has 1 aromatic carbocycles. The van der Waals surface area contributed by atoms with E-state index in [1.807, 2.05) is 34.0 Å². The molecule has 0 bridgehead atoms. The van der Waals surface area contributed by atoms with Crippen molar-refractivity contribution in [2.75, 3.05) is 12.0 Å². The summed E-state index contributed by atoms with van der Waals surface area (Å²) >= 11 is 2.69. The molecule has 0 aliphatic carbocycles. The summed E-state index contributed by atoms with van der Waals surface area (Å²) in [4.78, 5) is 8.31. The van der Waals surface area contributed by atoms with E-state index in [1.165, 1.54) is 29.6 Å². The van der Waals surface area contributed by atoms with Gasteiger partial charge in [-0.25, -0.2) is 9.97 Å². The van der Waals surface area contributed by atoms with Gasteiger partial charge in [0.1, 0.15) is 10.8 Å². The van der Waals surface area contributed by atoms with Gasteiger partial charge in [-0.15, -0.1) is 11.8 Å². The molecule has 0 aliphatic heterocycles. The van der Waals surface area contributed by atoms with Crippen molar-refractivity contribution in [3.63, 3.8) is 0 Å². The summed E-state index contributed by atoms with van der Waals surface area (Å²) in [7, 11) is 0. The van der Waals surface area contributed by atoms with Crippen molar-refractivity contribution in [2.24, 2.45) is 0 Å². The minimum absolute atomic E-state index is 0.348. The average molecular weight is 392 g/mol. The third-order valence-corrected chi connectivity index (χ3v) is 4.08. The van der Waals surface area contributed by atoms with Gasteiger partial charge in [-0.2, -0.15) is 13.2 Å². The molecular formula is C17H24F3N3S2. The molecule has 2 rings (SSSR count). The fraction of sp³-hybridized carbons (Fsp3) is 0.412. The molecule has 8 heteroatoms. The molecule has 140 valence electrons. The number of nitrogens with zero attached hydrogens (tertiary/aromatic N) is 2. The molecule has 1 aromatic heterocycles. The fourth-order valence-electron chi connectivity index (χ4n) is 1.58. The van der Waals surface area contributed by atoms with Gasteiger partial charge in [-0.1, -0.05) is 57.7 Å². The van der Waals surface area contributed by atoms with Crippen LogP contribution in [0, 0.1) is 0 Å². The van der Waals surface area contributed by atoms with Crippen molar-refractivity contribution >= 4 is 29.3 Å². The van der Waals surface area contributed by atoms with Crippen molar-refractivity contribution in [1.82, 2.24) is 9.97 Å². The highest BCUT2D eigenvalue weighted by atomic mass is 32.2. The van der Waals surface area contributed by atoms with Crippen molar-refractivity contribution in [3.8, 4) is 0 Å². The van der Waals surface area contributed by atoms with Crippen LogP contribution in [0.5, 0.6) is 0 Å². The molecule has 0 radical (unpaired) electrons. The predicted octanol–water partition coefficient (Wildman–Crippen LogP) is 6.14. The number of aromatic nitrogens is 2. The van der Waals surface area contributed by atoms with Crippen LogP contribution in [0.15, 0.2) is 40.5 Å². The topological polar surface area (TPSA) is 51.8 Å². The number of nitrogen functional groups attached to an aromatic ring is 1. The van der Waals surface area contributed by atoms with Crippen molar-refractivity contribution in [2.45, 2.75) is 49.8 Å². The lowest BCUT2D eigenvalue weighted by molar-refractivity contribution is -0.137. The molecular weight excluding hydrogens is 367 g/mol. The Hall–Kier alpha value is -1.41. The first-order valence-electron chi connectivity index (χ1n) is 7.86. The van der Waals surface area contributed by atoms with Crippen LogP contribution in [0.1, 0.15) is 38.8 Å². The highest BCUT2D eigenvalue weighted by Gasteiger charge is 2.30. The summed E-state index contributed by atoms with van der Waals surface area (Å²) in [5, 5.41) is 1.19. The lowest BCUT2D eigenvalue weighted by atomic mass is 10.1. The minimum Gasteiger partial charge on any atom is -0.384 e. The van der Waals surface area contributed by atoms with Crippen LogP contribution < -0.4 is 5.73 Å². The number of anilines is 1. The lowest BCUT2D eigenvalue weighted by Crippen LogP contribution is -2.05. The number of nitrogens with two attached hydrogens (primary N) is 1. The normalized spacial score (nSPS) is 10.2. The predicted molar refractivity (Wildman–Crippen MR) is 102 cm³/mol. The maximum Gasteiger partial charge on any atom is 0.416 e. The number of alkyl halides is 3. The van der Waals surface area contributed by atoms with Crippen molar-refractivity contribution < 1.29 is 13.2 Å². The van der Waals surface area contributed by atoms with Crippen molar-refractivity contribution in [3.05, 3.63) is 41.5 Å². The number of hydrogen-bond acceptors (Lipinski definition) is 5. The Morgan fingerprint density at radius 3 is 2.24 bits per heavy atom. The lowest BCUT2D eigenvalue weighted by Gasteiger charge is -2.08. The molecule has 0 spiro atoms. The molecule has 1 heterocycles. The largest absolute Gasteiger partial charge is 0.416 e. The SMILES string of the molecule is CC.CC.CSc1cc(N)nc(SCc2cccc(C(F)(F)F)c2)n1. The second-order valence-electron chi connectivity index (χ2n) is 4.10. The average Bonchev–Trinajstić information content (AvgIpc) is 2.62. The second-order valence-corrected chi connectivity index (χ2v) is 5.87. The van der Waals surface area contributed by atoms with Gasteiger partial charge in [0.15, 0.2) is 5.16 Å². The Kier molecular flexibility index (Phi) is 11.3. The van der Waals surface area contributed by atoms with Crippen LogP contribution in [0.2, 0.25) is 0 Å². The quantitative estimate of drug-likeness (QED) is 0.385. The summed E-state index contributed by atoms with van der Waals surface area (Å²) in [6, 6.07) is 6.88. The molecule has 2 N–H and O–H groups in total. The number of hydrogen-bond donors (Lipinski definition) is 1. The zero-order chi connectivity index (χ0) is 19.5. The summed E-state index contributed by atoms with van der Waals surface area (Å²) in [5.41, 5.74) is 5.57. The van der Waals surface area contributed by atoms with Crippen LogP contribution in [-0.4, -0.2) is 16.2 Å². The van der Waals surface area contributed by atoms with Gasteiger partial charge < -0.3 is 5.73 Å². The Bertz CT molecular complexity index is 635. The molecule has 2 aromatic rings. The summed E-state index contributed by atoms with van der Waals surface area (Å²) < 4.78 is 37.9. The minimum atomic E-state index is -4.33. The molecule has 3 nitrogen and oxygen atoms in total. The molecule has 0 amide bonds. The van der Waals surface area contributed by atoms with Gasteiger partial charge in [-0.3, -0.25) is 0 Å². The monoisotopic (exact) mass is 391 g/mol. The Morgan fingerprint density at radius 2 is 1.68 bits per heavy atom. The maximum atomic E-state index is 12.6. The maximum absolute atomic E-state index is 12.6. The van der Waals surface area contributed by atoms with Gasteiger partial charge in [-0.05, 0) is 17.9 Å². The first kappa shape index (κ1) is 23.6. The summed E-state index contributed by atoms with van der Waals surface area (Å²) in [6.45, 7) is 8.00. The van der Waals surface area contributed by atoms with E-state index in [0.29, 0.717) is 22.3 Å². The number of halogens is 3. The van der Waals surface area contributed by atoms with Gasteiger partial charge >= 0.3 is 6.18 Å². The number of thioether (sulfide) groups is 2. The molecule has 0 atom stereocenters. The summed E-state index contributed by atoms with van der Waals surface area (Å²) in [6.07, 6.45) is -2.47.